The zero-order valence-electron chi connectivity index (χ0n) is 20.7. The van der Waals surface area contributed by atoms with Gasteiger partial charge in [-0.2, -0.15) is 0 Å². The minimum Gasteiger partial charge on any atom is -0.384 e. The quantitative estimate of drug-likeness (QED) is 0.181. The number of ketones is 1. The van der Waals surface area contributed by atoms with Crippen molar-refractivity contribution in [2.75, 3.05) is 0 Å². The number of hydrogen-bond acceptors (Lipinski definition) is 7. The lowest BCUT2D eigenvalue weighted by molar-refractivity contribution is -0.161. The number of aliphatic hydroxyl groups excluding tert-OH is 1. The second kappa shape index (κ2) is 9.82. The van der Waals surface area contributed by atoms with Gasteiger partial charge in [-0.15, -0.1) is 0 Å². The number of rotatable bonds is 11. The highest BCUT2D eigenvalue weighted by molar-refractivity contribution is 5.88. The van der Waals surface area contributed by atoms with Gasteiger partial charge >= 0.3 is 0 Å². The summed E-state index contributed by atoms with van der Waals surface area (Å²) >= 11 is 0. The van der Waals surface area contributed by atoms with Gasteiger partial charge in [0.25, 0.3) is 0 Å². The van der Waals surface area contributed by atoms with Crippen molar-refractivity contribution in [2.45, 2.75) is 121 Å². The second-order valence-corrected chi connectivity index (χ2v) is 10.7. The van der Waals surface area contributed by atoms with Crippen LogP contribution in [0.25, 0.3) is 0 Å². The molecule has 0 aromatic rings. The van der Waals surface area contributed by atoms with Gasteiger partial charge in [-0.25, -0.2) is 0 Å². The Morgan fingerprint density at radius 1 is 1.09 bits per heavy atom. The first-order chi connectivity index (χ1) is 16.1. The molecule has 1 spiro atoms. The molecule has 4 rings (SSSR count). The Morgan fingerprint density at radius 2 is 1.76 bits per heavy atom. The summed E-state index contributed by atoms with van der Waals surface area (Å²) in [5.74, 6) is 0.0142. The van der Waals surface area contributed by atoms with Gasteiger partial charge in [0.1, 0.15) is 41.4 Å². The molecule has 0 radical (unpaired) electrons. The average molecular weight is 478 g/mol. The molecule has 8 nitrogen and oxygen atoms in total. The van der Waals surface area contributed by atoms with Crippen molar-refractivity contribution in [2.24, 2.45) is 5.92 Å². The van der Waals surface area contributed by atoms with Crippen LogP contribution < -0.4 is 5.32 Å². The molecular formula is C26H39NO7. The third-order valence-electron chi connectivity index (χ3n) is 7.57. The number of nitrogens with one attached hydrogen (secondary N) is 1. The van der Waals surface area contributed by atoms with E-state index in [2.05, 4.69) is 25.2 Å². The molecule has 8 heteroatoms. The molecule has 0 bridgehead atoms. The van der Waals surface area contributed by atoms with E-state index in [1.54, 1.807) is 6.08 Å². The van der Waals surface area contributed by atoms with Gasteiger partial charge in [-0.1, -0.05) is 57.3 Å². The minimum atomic E-state index is -1.36. The van der Waals surface area contributed by atoms with Crippen molar-refractivity contribution in [1.29, 1.82) is 0 Å². The number of carbonyl (C=O) groups excluding carboxylic acids is 2. The summed E-state index contributed by atoms with van der Waals surface area (Å²) in [6.07, 6.45) is 8.54. The van der Waals surface area contributed by atoms with Crippen molar-refractivity contribution >= 4 is 11.7 Å². The van der Waals surface area contributed by atoms with E-state index in [-0.39, 0.29) is 18.1 Å². The number of ether oxygens (including phenoxy) is 3. The molecule has 3 heterocycles. The zero-order valence-corrected chi connectivity index (χ0v) is 20.7. The standard InChI is InChI=1S/C26H39NO7/c1-5-6-7-8-9-15(2)12-16(3)10-11-19(29)27-18-14-26(34-24(18)30)22-20(32-22)25(31,13-17(4)28)21-23(26)33-21/h10-12,15,18,20-24,30-31H,5-9,13-14H2,1-4H3,(H,27,29). The second-order valence-electron chi connectivity index (χ2n) is 10.7. The Morgan fingerprint density at radius 3 is 2.38 bits per heavy atom. The molecule has 7 atom stereocenters. The molecule has 3 aliphatic heterocycles. The van der Waals surface area contributed by atoms with Crippen molar-refractivity contribution in [3.05, 3.63) is 23.8 Å². The number of epoxide rings is 2. The highest BCUT2D eigenvalue weighted by Gasteiger charge is 2.83. The molecule has 4 aliphatic rings. The molecule has 34 heavy (non-hydrogen) atoms. The number of Topliss-reactive ketones (excluding diaryl/α,β-unsaturated/α-hetero) is 1. The van der Waals surface area contributed by atoms with Gasteiger partial charge in [-0.05, 0) is 26.2 Å². The van der Waals surface area contributed by atoms with E-state index in [0.717, 1.165) is 12.0 Å². The Bertz CT molecular complexity index is 834. The largest absolute Gasteiger partial charge is 0.384 e. The van der Waals surface area contributed by atoms with Gasteiger partial charge < -0.3 is 29.7 Å². The molecule has 1 amide bonds. The van der Waals surface area contributed by atoms with Crippen LogP contribution in [0.15, 0.2) is 23.8 Å². The van der Waals surface area contributed by atoms with Crippen LogP contribution in [0.3, 0.4) is 0 Å². The van der Waals surface area contributed by atoms with Crippen molar-refractivity contribution in [1.82, 2.24) is 5.32 Å². The van der Waals surface area contributed by atoms with Crippen LogP contribution in [0.2, 0.25) is 0 Å². The maximum Gasteiger partial charge on any atom is 0.244 e. The molecule has 190 valence electrons. The Labute approximate surface area is 201 Å². The summed E-state index contributed by atoms with van der Waals surface area (Å²) in [4.78, 5) is 24.1. The summed E-state index contributed by atoms with van der Waals surface area (Å²) in [5.41, 5.74) is -1.26. The van der Waals surface area contributed by atoms with Crippen molar-refractivity contribution in [3.8, 4) is 0 Å². The summed E-state index contributed by atoms with van der Waals surface area (Å²) in [6, 6.07) is -0.618. The van der Waals surface area contributed by atoms with Crippen LogP contribution >= 0.6 is 0 Å². The fourth-order valence-corrected chi connectivity index (χ4v) is 5.86. The van der Waals surface area contributed by atoms with E-state index in [9.17, 15) is 19.8 Å². The van der Waals surface area contributed by atoms with E-state index in [1.165, 1.54) is 38.7 Å². The first-order valence-electron chi connectivity index (χ1n) is 12.7. The van der Waals surface area contributed by atoms with Crippen LogP contribution in [0.1, 0.15) is 72.6 Å². The van der Waals surface area contributed by atoms with Gasteiger partial charge in [0.2, 0.25) is 5.91 Å². The molecule has 0 aromatic heterocycles. The lowest BCUT2D eigenvalue weighted by atomic mass is 9.72. The molecular weight excluding hydrogens is 438 g/mol. The Hall–Kier alpha value is -1.58. The van der Waals surface area contributed by atoms with Gasteiger partial charge in [-0.3, -0.25) is 9.59 Å². The highest BCUT2D eigenvalue weighted by atomic mass is 16.7. The number of hydrogen-bond donors (Lipinski definition) is 3. The molecule has 3 saturated heterocycles. The maximum absolute atomic E-state index is 12.5. The molecule has 1 saturated carbocycles. The van der Waals surface area contributed by atoms with E-state index < -0.39 is 47.9 Å². The average Bonchev–Trinajstić information content (AvgIpc) is 3.66. The van der Waals surface area contributed by atoms with Crippen LogP contribution in [0.4, 0.5) is 0 Å². The molecule has 0 aromatic carbocycles. The third kappa shape index (κ3) is 5.02. The van der Waals surface area contributed by atoms with Crippen LogP contribution in [0.5, 0.6) is 0 Å². The lowest BCUT2D eigenvalue weighted by Crippen LogP contribution is -2.57. The first-order valence-corrected chi connectivity index (χ1v) is 12.7. The van der Waals surface area contributed by atoms with Crippen LogP contribution in [0, 0.1) is 5.92 Å². The number of fused-ring (bicyclic) bond motifs is 4. The molecule has 7 unspecified atom stereocenters. The van der Waals surface area contributed by atoms with E-state index in [1.807, 2.05) is 6.92 Å². The lowest BCUT2D eigenvalue weighted by Gasteiger charge is -2.33. The summed E-state index contributed by atoms with van der Waals surface area (Å²) in [7, 11) is 0. The smallest absolute Gasteiger partial charge is 0.244 e. The topological polar surface area (TPSA) is 121 Å². The first kappa shape index (κ1) is 25.5. The number of amides is 1. The zero-order chi connectivity index (χ0) is 24.7. The normalized spacial score (nSPS) is 41.3. The van der Waals surface area contributed by atoms with E-state index in [4.69, 9.17) is 14.2 Å². The Kier molecular flexibility index (Phi) is 7.37. The number of unbranched alkanes of at least 4 members (excludes halogenated alkanes) is 3. The summed E-state index contributed by atoms with van der Waals surface area (Å²) < 4.78 is 17.4. The van der Waals surface area contributed by atoms with Crippen molar-refractivity contribution < 1.29 is 34.0 Å². The minimum absolute atomic E-state index is 0.0385. The monoisotopic (exact) mass is 477 g/mol. The molecule has 1 aliphatic carbocycles. The molecule has 3 N–H and O–H groups in total. The predicted octanol–water partition coefficient (Wildman–Crippen LogP) is 2.32. The van der Waals surface area contributed by atoms with Crippen LogP contribution in [-0.2, 0) is 23.8 Å². The summed E-state index contributed by atoms with van der Waals surface area (Å²) in [5, 5.41) is 24.3. The molecule has 4 fully saturated rings. The van der Waals surface area contributed by atoms with E-state index >= 15 is 0 Å². The maximum atomic E-state index is 12.5. The third-order valence-corrected chi connectivity index (χ3v) is 7.57. The summed E-state index contributed by atoms with van der Waals surface area (Å²) in [6.45, 7) is 7.81. The number of aliphatic hydroxyl groups is 2. The van der Waals surface area contributed by atoms with Gasteiger partial charge in [0.05, 0.1) is 6.04 Å². The number of allylic oxidation sites excluding steroid dienone is 3. The fourth-order valence-electron chi connectivity index (χ4n) is 5.86. The van der Waals surface area contributed by atoms with Crippen molar-refractivity contribution in [3.63, 3.8) is 0 Å². The number of carbonyl (C=O) groups is 2. The fraction of sp³-hybridized carbons (Fsp3) is 0.769. The van der Waals surface area contributed by atoms with Crippen LogP contribution in [-0.4, -0.2) is 69.9 Å². The Balaban J connectivity index is 1.29. The predicted molar refractivity (Wildman–Crippen MR) is 125 cm³/mol. The van der Waals surface area contributed by atoms with E-state index in [0.29, 0.717) is 12.3 Å². The van der Waals surface area contributed by atoms with Gasteiger partial charge in [0, 0.05) is 18.9 Å². The van der Waals surface area contributed by atoms with Gasteiger partial charge in [0.15, 0.2) is 6.29 Å². The highest BCUT2D eigenvalue weighted by Crippen LogP contribution is 2.62. The SMILES string of the molecule is CCCCCCC(C)C=C(C)C=CC(=O)NC1CC2(OC1O)C1OC1C(O)(CC(C)=O)C1OC12.